The van der Waals surface area contributed by atoms with Crippen molar-refractivity contribution in [3.05, 3.63) is 0 Å². The van der Waals surface area contributed by atoms with Crippen LogP contribution in [-0.4, -0.2) is 49.2 Å². The summed E-state index contributed by atoms with van der Waals surface area (Å²) in [5.41, 5.74) is 0. The van der Waals surface area contributed by atoms with Gasteiger partial charge in [0.2, 0.25) is 0 Å². The van der Waals surface area contributed by atoms with E-state index in [9.17, 15) is 4.79 Å². The standard InChI is InChI=1S/C18H28O6/c19-18(21-12-5-7-14-16(10-12)22-14)4-2-1-3-9-20-24-13-6-8-15-17(11-13)23-15/h12-17H,1-11H2. The maximum Gasteiger partial charge on any atom is 0.306 e. The van der Waals surface area contributed by atoms with Crippen molar-refractivity contribution in [2.24, 2.45) is 0 Å². The summed E-state index contributed by atoms with van der Waals surface area (Å²) >= 11 is 0. The van der Waals surface area contributed by atoms with Crippen molar-refractivity contribution in [3.63, 3.8) is 0 Å². The summed E-state index contributed by atoms with van der Waals surface area (Å²) < 4.78 is 16.4. The lowest BCUT2D eigenvalue weighted by atomic mass is 9.98. The molecule has 24 heavy (non-hydrogen) atoms. The minimum Gasteiger partial charge on any atom is -0.462 e. The second kappa shape index (κ2) is 7.68. The van der Waals surface area contributed by atoms with Crippen LogP contribution in [0.3, 0.4) is 0 Å². The number of hydrogen-bond donors (Lipinski definition) is 0. The van der Waals surface area contributed by atoms with E-state index >= 15 is 0 Å². The summed E-state index contributed by atoms with van der Waals surface area (Å²) in [5.74, 6) is -0.0718. The summed E-state index contributed by atoms with van der Waals surface area (Å²) in [7, 11) is 0. The van der Waals surface area contributed by atoms with E-state index in [1.165, 1.54) is 0 Å². The highest BCUT2D eigenvalue weighted by Crippen LogP contribution is 2.38. The van der Waals surface area contributed by atoms with E-state index < -0.39 is 0 Å². The third-order valence-electron chi connectivity index (χ3n) is 5.52. The quantitative estimate of drug-likeness (QED) is 0.211. The Morgan fingerprint density at radius 2 is 1.54 bits per heavy atom. The first-order chi connectivity index (χ1) is 11.8. The molecule has 0 aromatic carbocycles. The second-order valence-electron chi connectivity index (χ2n) is 7.51. The zero-order chi connectivity index (χ0) is 16.4. The number of carbonyl (C=O) groups excluding carboxylic acids is 1. The van der Waals surface area contributed by atoms with Crippen molar-refractivity contribution >= 4 is 5.97 Å². The predicted molar refractivity (Wildman–Crippen MR) is 84.2 cm³/mol. The highest BCUT2D eigenvalue weighted by atomic mass is 17.2. The van der Waals surface area contributed by atoms with Gasteiger partial charge in [0.25, 0.3) is 0 Å². The van der Waals surface area contributed by atoms with Crippen LogP contribution in [0.5, 0.6) is 0 Å². The normalized spacial score (nSPS) is 39.7. The van der Waals surface area contributed by atoms with E-state index in [0.29, 0.717) is 37.4 Å². The second-order valence-corrected chi connectivity index (χ2v) is 7.51. The zero-order valence-corrected chi connectivity index (χ0v) is 14.2. The van der Waals surface area contributed by atoms with Crippen LogP contribution in [0.1, 0.15) is 64.2 Å². The minimum absolute atomic E-state index is 0.0718. The molecular weight excluding hydrogens is 312 g/mol. The van der Waals surface area contributed by atoms with Gasteiger partial charge in [0.1, 0.15) is 6.10 Å². The van der Waals surface area contributed by atoms with Crippen molar-refractivity contribution in [2.75, 3.05) is 6.61 Å². The highest BCUT2D eigenvalue weighted by Gasteiger charge is 2.45. The predicted octanol–water partition coefficient (Wildman–Crippen LogP) is 2.68. The largest absolute Gasteiger partial charge is 0.462 e. The minimum atomic E-state index is -0.0718. The molecule has 0 spiro atoms. The van der Waals surface area contributed by atoms with Gasteiger partial charge >= 0.3 is 5.97 Å². The van der Waals surface area contributed by atoms with Gasteiger partial charge in [-0.2, -0.15) is 0 Å². The monoisotopic (exact) mass is 340 g/mol. The molecule has 6 nitrogen and oxygen atoms in total. The van der Waals surface area contributed by atoms with Crippen LogP contribution in [0.25, 0.3) is 0 Å². The van der Waals surface area contributed by atoms with E-state index in [1.807, 2.05) is 0 Å². The number of carbonyl (C=O) groups is 1. The van der Waals surface area contributed by atoms with Crippen LogP contribution in [0.2, 0.25) is 0 Å². The number of epoxide rings is 2. The molecule has 6 unspecified atom stereocenters. The van der Waals surface area contributed by atoms with Gasteiger partial charge in [0.05, 0.1) is 37.1 Å². The topological polar surface area (TPSA) is 69.8 Å². The summed E-state index contributed by atoms with van der Waals surface area (Å²) in [4.78, 5) is 22.6. The molecule has 0 bridgehead atoms. The number of fused-ring (bicyclic) bond motifs is 2. The first-order valence-electron chi connectivity index (χ1n) is 9.56. The fourth-order valence-electron chi connectivity index (χ4n) is 3.93. The van der Waals surface area contributed by atoms with E-state index in [2.05, 4.69) is 0 Å². The molecule has 2 heterocycles. The molecule has 136 valence electrons. The van der Waals surface area contributed by atoms with Gasteiger partial charge in [0, 0.05) is 19.3 Å². The Hall–Kier alpha value is -0.690. The van der Waals surface area contributed by atoms with Crippen LogP contribution in [0.4, 0.5) is 0 Å². The lowest BCUT2D eigenvalue weighted by molar-refractivity contribution is -0.328. The fourth-order valence-corrected chi connectivity index (χ4v) is 3.93. The van der Waals surface area contributed by atoms with Gasteiger partial charge in [0.15, 0.2) is 0 Å². The molecule has 2 aliphatic carbocycles. The first-order valence-corrected chi connectivity index (χ1v) is 9.56. The van der Waals surface area contributed by atoms with Crippen LogP contribution >= 0.6 is 0 Å². The van der Waals surface area contributed by atoms with Gasteiger partial charge in [-0.05, 0) is 38.5 Å². The summed E-state index contributed by atoms with van der Waals surface area (Å²) in [6.07, 6.45) is 11.1. The van der Waals surface area contributed by atoms with Crippen molar-refractivity contribution in [1.29, 1.82) is 0 Å². The van der Waals surface area contributed by atoms with Gasteiger partial charge in [-0.3, -0.25) is 4.79 Å². The SMILES string of the molecule is O=C(CCCCCOOC1CCC2OC2C1)OC1CCC2OC2C1. The Morgan fingerprint density at radius 3 is 2.29 bits per heavy atom. The van der Waals surface area contributed by atoms with Gasteiger partial charge < -0.3 is 14.2 Å². The maximum atomic E-state index is 11.8. The van der Waals surface area contributed by atoms with Gasteiger partial charge in [-0.15, -0.1) is 0 Å². The Kier molecular flexibility index (Phi) is 5.37. The maximum absolute atomic E-state index is 11.8. The molecule has 0 aromatic rings. The van der Waals surface area contributed by atoms with Crippen molar-refractivity contribution in [2.45, 2.75) is 101 Å². The van der Waals surface area contributed by atoms with Gasteiger partial charge in [-0.25, -0.2) is 9.78 Å². The Morgan fingerprint density at radius 1 is 0.833 bits per heavy atom. The molecule has 4 aliphatic rings. The molecule has 6 atom stereocenters. The molecule has 0 amide bonds. The van der Waals surface area contributed by atoms with E-state index in [-0.39, 0.29) is 18.2 Å². The third-order valence-corrected chi connectivity index (χ3v) is 5.52. The fraction of sp³-hybridized carbons (Fsp3) is 0.944. The Labute approximate surface area is 143 Å². The van der Waals surface area contributed by atoms with Crippen LogP contribution < -0.4 is 0 Å². The molecule has 2 aliphatic heterocycles. The summed E-state index contributed by atoms with van der Waals surface area (Å²) in [6, 6.07) is 0. The number of esters is 1. The third kappa shape index (κ3) is 4.69. The van der Waals surface area contributed by atoms with E-state index in [1.54, 1.807) is 0 Å². The average molecular weight is 340 g/mol. The molecular formula is C18H28O6. The molecule has 0 N–H and O–H groups in total. The van der Waals surface area contributed by atoms with E-state index in [0.717, 1.165) is 57.8 Å². The molecule has 2 saturated carbocycles. The molecule has 2 saturated heterocycles. The molecule has 4 fully saturated rings. The lowest BCUT2D eigenvalue weighted by Crippen LogP contribution is -2.24. The van der Waals surface area contributed by atoms with Crippen LogP contribution in [0.15, 0.2) is 0 Å². The molecule has 4 rings (SSSR count). The number of unbranched alkanes of at least 4 members (excludes halogenated alkanes) is 2. The number of hydrogen-bond acceptors (Lipinski definition) is 6. The lowest BCUT2D eigenvalue weighted by Gasteiger charge is -2.19. The van der Waals surface area contributed by atoms with Crippen LogP contribution in [-0.2, 0) is 28.8 Å². The average Bonchev–Trinajstić information content (AvgIpc) is 3.47. The molecule has 0 aromatic heterocycles. The zero-order valence-electron chi connectivity index (χ0n) is 14.2. The van der Waals surface area contributed by atoms with Crippen molar-refractivity contribution in [3.8, 4) is 0 Å². The highest BCUT2D eigenvalue weighted by molar-refractivity contribution is 5.69. The van der Waals surface area contributed by atoms with Crippen LogP contribution in [0, 0.1) is 0 Å². The smallest absolute Gasteiger partial charge is 0.306 e. The Balaban J connectivity index is 0.971. The molecule has 6 heteroatoms. The number of rotatable bonds is 9. The Bertz CT molecular complexity index is 441. The first kappa shape index (κ1) is 16.8. The van der Waals surface area contributed by atoms with E-state index in [4.69, 9.17) is 24.0 Å². The summed E-state index contributed by atoms with van der Waals surface area (Å²) in [6.45, 7) is 0.587. The number of ether oxygens (including phenoxy) is 3. The van der Waals surface area contributed by atoms with Crippen molar-refractivity contribution < 1.29 is 28.8 Å². The van der Waals surface area contributed by atoms with Gasteiger partial charge in [-0.1, -0.05) is 6.42 Å². The van der Waals surface area contributed by atoms with Crippen molar-refractivity contribution in [1.82, 2.24) is 0 Å². The molecule has 0 radical (unpaired) electrons. The summed E-state index contributed by atoms with van der Waals surface area (Å²) in [5, 5.41) is 0.